The lowest BCUT2D eigenvalue weighted by Crippen LogP contribution is -1.89. The maximum absolute atomic E-state index is 6.09. The van der Waals surface area contributed by atoms with E-state index in [2.05, 4.69) is 22.1 Å². The third-order valence-corrected chi connectivity index (χ3v) is 3.03. The van der Waals surface area contributed by atoms with Crippen LogP contribution < -0.4 is 0 Å². The number of aromatic nitrogens is 2. The minimum Gasteiger partial charge on any atom is -0.342 e. The SMILES string of the molecule is Clc1cccc2[nH]c(Cc3ccccc3)nc12. The highest BCUT2D eigenvalue weighted by atomic mass is 35.5. The number of H-pyrrole nitrogens is 1. The molecule has 0 fully saturated rings. The molecule has 0 aliphatic carbocycles. The molecular weight excluding hydrogens is 232 g/mol. The topological polar surface area (TPSA) is 28.7 Å². The predicted molar refractivity (Wildman–Crippen MR) is 70.4 cm³/mol. The molecule has 0 aliphatic heterocycles. The van der Waals surface area contributed by atoms with Crippen LogP contribution in [-0.2, 0) is 6.42 Å². The van der Waals surface area contributed by atoms with Crippen molar-refractivity contribution in [1.29, 1.82) is 0 Å². The van der Waals surface area contributed by atoms with Gasteiger partial charge >= 0.3 is 0 Å². The molecular formula is C14H11ClN2. The van der Waals surface area contributed by atoms with Crippen molar-refractivity contribution in [2.75, 3.05) is 0 Å². The normalized spacial score (nSPS) is 10.9. The molecule has 0 atom stereocenters. The molecule has 1 aromatic heterocycles. The monoisotopic (exact) mass is 242 g/mol. The van der Waals surface area contributed by atoms with Gasteiger partial charge in [-0.15, -0.1) is 0 Å². The van der Waals surface area contributed by atoms with Crippen LogP contribution >= 0.6 is 11.6 Å². The summed E-state index contributed by atoms with van der Waals surface area (Å²) in [7, 11) is 0. The Morgan fingerprint density at radius 1 is 1.00 bits per heavy atom. The average Bonchev–Trinajstić information content (AvgIpc) is 2.74. The Balaban J connectivity index is 1.99. The van der Waals surface area contributed by atoms with Crippen molar-refractivity contribution in [3.05, 3.63) is 64.9 Å². The van der Waals surface area contributed by atoms with Gasteiger partial charge in [-0.2, -0.15) is 0 Å². The first-order chi connectivity index (χ1) is 8.33. The molecule has 0 bridgehead atoms. The van der Waals surface area contributed by atoms with Crippen LogP contribution in [0.15, 0.2) is 48.5 Å². The van der Waals surface area contributed by atoms with Crippen LogP contribution in [0.25, 0.3) is 11.0 Å². The summed E-state index contributed by atoms with van der Waals surface area (Å²) in [6.45, 7) is 0. The predicted octanol–water partition coefficient (Wildman–Crippen LogP) is 3.81. The number of benzene rings is 2. The van der Waals surface area contributed by atoms with Gasteiger partial charge in [0.15, 0.2) is 0 Å². The Bertz CT molecular complexity index is 644. The molecule has 2 nitrogen and oxygen atoms in total. The number of halogens is 1. The van der Waals surface area contributed by atoms with Crippen LogP contribution in [0.1, 0.15) is 11.4 Å². The molecule has 0 aliphatic rings. The Morgan fingerprint density at radius 3 is 2.59 bits per heavy atom. The summed E-state index contributed by atoms with van der Waals surface area (Å²) in [6, 6.07) is 16.0. The van der Waals surface area contributed by atoms with E-state index in [0.29, 0.717) is 5.02 Å². The van der Waals surface area contributed by atoms with E-state index in [1.165, 1.54) is 5.56 Å². The van der Waals surface area contributed by atoms with Gasteiger partial charge in [0.2, 0.25) is 0 Å². The molecule has 3 heteroatoms. The highest BCUT2D eigenvalue weighted by Gasteiger charge is 2.05. The molecule has 0 radical (unpaired) electrons. The van der Waals surface area contributed by atoms with E-state index in [-0.39, 0.29) is 0 Å². The zero-order valence-electron chi connectivity index (χ0n) is 9.15. The van der Waals surface area contributed by atoms with Crippen LogP contribution in [0.2, 0.25) is 5.02 Å². The largest absolute Gasteiger partial charge is 0.342 e. The molecule has 1 heterocycles. The second kappa shape index (κ2) is 4.22. The summed E-state index contributed by atoms with van der Waals surface area (Å²) in [5, 5.41) is 0.693. The number of fused-ring (bicyclic) bond motifs is 1. The molecule has 17 heavy (non-hydrogen) atoms. The Hall–Kier alpha value is -1.80. The summed E-state index contributed by atoms with van der Waals surface area (Å²) >= 11 is 6.09. The number of aromatic amines is 1. The smallest absolute Gasteiger partial charge is 0.111 e. The number of rotatable bonds is 2. The summed E-state index contributed by atoms with van der Waals surface area (Å²) in [4.78, 5) is 7.81. The van der Waals surface area contributed by atoms with Crippen LogP contribution in [-0.4, -0.2) is 9.97 Å². The van der Waals surface area contributed by atoms with Gasteiger partial charge in [-0.3, -0.25) is 0 Å². The van der Waals surface area contributed by atoms with E-state index >= 15 is 0 Å². The van der Waals surface area contributed by atoms with E-state index < -0.39 is 0 Å². The maximum atomic E-state index is 6.09. The quantitative estimate of drug-likeness (QED) is 0.727. The van der Waals surface area contributed by atoms with Crippen LogP contribution in [0.4, 0.5) is 0 Å². The van der Waals surface area contributed by atoms with Crippen molar-refractivity contribution in [3.63, 3.8) is 0 Å². The molecule has 0 spiro atoms. The lowest BCUT2D eigenvalue weighted by Gasteiger charge is -1.96. The van der Waals surface area contributed by atoms with Crippen molar-refractivity contribution in [2.24, 2.45) is 0 Å². The van der Waals surface area contributed by atoms with E-state index in [1.807, 2.05) is 36.4 Å². The molecule has 0 saturated heterocycles. The lowest BCUT2D eigenvalue weighted by atomic mass is 10.1. The summed E-state index contributed by atoms with van der Waals surface area (Å²) in [5.41, 5.74) is 3.08. The molecule has 0 saturated carbocycles. The van der Waals surface area contributed by atoms with Gasteiger partial charge in [-0.25, -0.2) is 4.98 Å². The first-order valence-electron chi connectivity index (χ1n) is 5.50. The second-order valence-electron chi connectivity index (χ2n) is 3.98. The van der Waals surface area contributed by atoms with Crippen molar-refractivity contribution in [3.8, 4) is 0 Å². The van der Waals surface area contributed by atoms with E-state index in [9.17, 15) is 0 Å². The number of nitrogens with one attached hydrogen (secondary N) is 1. The van der Waals surface area contributed by atoms with Gasteiger partial charge in [0, 0.05) is 6.42 Å². The van der Waals surface area contributed by atoms with E-state index in [4.69, 9.17) is 11.6 Å². The number of hydrogen-bond donors (Lipinski definition) is 1. The fourth-order valence-electron chi connectivity index (χ4n) is 1.92. The number of imidazole rings is 1. The van der Waals surface area contributed by atoms with E-state index in [1.54, 1.807) is 0 Å². The van der Waals surface area contributed by atoms with Crippen molar-refractivity contribution in [1.82, 2.24) is 9.97 Å². The van der Waals surface area contributed by atoms with Gasteiger partial charge in [0.05, 0.1) is 10.5 Å². The van der Waals surface area contributed by atoms with Gasteiger partial charge < -0.3 is 4.98 Å². The lowest BCUT2D eigenvalue weighted by molar-refractivity contribution is 1.04. The number of hydrogen-bond acceptors (Lipinski definition) is 1. The highest BCUT2D eigenvalue weighted by molar-refractivity contribution is 6.34. The van der Waals surface area contributed by atoms with Gasteiger partial charge in [-0.1, -0.05) is 48.0 Å². The molecule has 2 aromatic carbocycles. The Labute approximate surface area is 104 Å². The molecule has 1 N–H and O–H groups in total. The van der Waals surface area contributed by atoms with Crippen LogP contribution in [0.5, 0.6) is 0 Å². The zero-order chi connectivity index (χ0) is 11.7. The minimum absolute atomic E-state index is 0.693. The van der Waals surface area contributed by atoms with Crippen LogP contribution in [0.3, 0.4) is 0 Å². The average molecular weight is 243 g/mol. The molecule has 3 rings (SSSR count). The van der Waals surface area contributed by atoms with Crippen molar-refractivity contribution >= 4 is 22.6 Å². The third kappa shape index (κ3) is 2.04. The second-order valence-corrected chi connectivity index (χ2v) is 4.39. The van der Waals surface area contributed by atoms with Gasteiger partial charge in [0.25, 0.3) is 0 Å². The third-order valence-electron chi connectivity index (χ3n) is 2.73. The number of nitrogens with zero attached hydrogens (tertiary/aromatic N) is 1. The fourth-order valence-corrected chi connectivity index (χ4v) is 2.14. The first kappa shape index (κ1) is 10.4. The van der Waals surface area contributed by atoms with Crippen LogP contribution in [0, 0.1) is 0 Å². The summed E-state index contributed by atoms with van der Waals surface area (Å²) in [5.74, 6) is 0.944. The Morgan fingerprint density at radius 2 is 1.82 bits per heavy atom. The summed E-state index contributed by atoms with van der Waals surface area (Å²) in [6.07, 6.45) is 0.797. The first-order valence-corrected chi connectivity index (χ1v) is 5.88. The Kier molecular flexibility index (Phi) is 2.57. The van der Waals surface area contributed by atoms with Gasteiger partial charge in [0.1, 0.15) is 11.3 Å². The maximum Gasteiger partial charge on any atom is 0.111 e. The standard InChI is InChI=1S/C14H11ClN2/c15-11-7-4-8-12-14(11)17-13(16-12)9-10-5-2-1-3-6-10/h1-8H,9H2,(H,16,17). The molecule has 0 amide bonds. The molecule has 84 valence electrons. The zero-order valence-corrected chi connectivity index (χ0v) is 9.91. The van der Waals surface area contributed by atoms with Gasteiger partial charge in [-0.05, 0) is 17.7 Å². The molecule has 0 unspecified atom stereocenters. The fraction of sp³-hybridized carbons (Fsp3) is 0.0714. The van der Waals surface area contributed by atoms with Crippen molar-refractivity contribution < 1.29 is 0 Å². The summed E-state index contributed by atoms with van der Waals surface area (Å²) < 4.78 is 0. The highest BCUT2D eigenvalue weighted by Crippen LogP contribution is 2.21. The van der Waals surface area contributed by atoms with E-state index in [0.717, 1.165) is 23.3 Å². The number of para-hydroxylation sites is 1. The molecule has 3 aromatic rings. The van der Waals surface area contributed by atoms with Crippen molar-refractivity contribution in [2.45, 2.75) is 6.42 Å². The minimum atomic E-state index is 0.693.